The fraction of sp³-hybridized carbons (Fsp3) is 0.389. The minimum atomic E-state index is -1.02. The molecule has 0 unspecified atom stereocenters. The maximum atomic E-state index is 12.1. The standard InChI is InChI=1S/C18H22N2O5S/c1-4-24-13-7-6-12(8-14(13)25-5-2)10-19-15(21)9-16-20-11(3)17(26-16)18(22)23/h6-8H,4-5,9-10H2,1-3H3,(H,19,21)(H,22,23). The highest BCUT2D eigenvalue weighted by atomic mass is 32.1. The highest BCUT2D eigenvalue weighted by Gasteiger charge is 2.16. The Balaban J connectivity index is 1.97. The predicted molar refractivity (Wildman–Crippen MR) is 98.1 cm³/mol. The van der Waals surface area contributed by atoms with Crippen LogP contribution in [0.15, 0.2) is 18.2 Å². The number of aromatic carboxylic acids is 1. The predicted octanol–water partition coefficient (Wildman–Crippen LogP) is 2.81. The molecule has 2 aromatic rings. The molecule has 0 aliphatic rings. The van der Waals surface area contributed by atoms with E-state index in [1.54, 1.807) is 6.92 Å². The van der Waals surface area contributed by atoms with Gasteiger partial charge in [-0.1, -0.05) is 6.07 Å². The number of hydrogen-bond donors (Lipinski definition) is 2. The van der Waals surface area contributed by atoms with Crippen molar-refractivity contribution in [3.8, 4) is 11.5 Å². The van der Waals surface area contributed by atoms with E-state index in [1.165, 1.54) is 0 Å². The van der Waals surface area contributed by atoms with Gasteiger partial charge < -0.3 is 19.9 Å². The molecule has 0 spiro atoms. The maximum Gasteiger partial charge on any atom is 0.347 e. The van der Waals surface area contributed by atoms with Crippen molar-refractivity contribution in [3.63, 3.8) is 0 Å². The van der Waals surface area contributed by atoms with Gasteiger partial charge in [-0.15, -0.1) is 11.3 Å². The number of aryl methyl sites for hydroxylation is 1. The third kappa shape index (κ3) is 5.19. The molecule has 1 amide bonds. The topological polar surface area (TPSA) is 97.8 Å². The largest absolute Gasteiger partial charge is 0.490 e. The van der Waals surface area contributed by atoms with Gasteiger partial charge in [0.15, 0.2) is 11.5 Å². The van der Waals surface area contributed by atoms with E-state index in [9.17, 15) is 9.59 Å². The first-order valence-electron chi connectivity index (χ1n) is 8.29. The third-order valence-corrected chi connectivity index (χ3v) is 4.59. The van der Waals surface area contributed by atoms with Crippen LogP contribution in [-0.4, -0.2) is 35.2 Å². The summed E-state index contributed by atoms with van der Waals surface area (Å²) in [4.78, 5) is 27.5. The van der Waals surface area contributed by atoms with Crippen molar-refractivity contribution in [2.24, 2.45) is 0 Å². The minimum Gasteiger partial charge on any atom is -0.490 e. The molecule has 2 N–H and O–H groups in total. The Bertz CT molecular complexity index is 788. The van der Waals surface area contributed by atoms with Crippen LogP contribution in [0.25, 0.3) is 0 Å². The zero-order valence-corrected chi connectivity index (χ0v) is 15.8. The molecular formula is C18H22N2O5S. The Hall–Kier alpha value is -2.61. The van der Waals surface area contributed by atoms with E-state index in [0.29, 0.717) is 42.0 Å². The van der Waals surface area contributed by atoms with Crippen LogP contribution in [-0.2, 0) is 17.8 Å². The zero-order chi connectivity index (χ0) is 19.1. The van der Waals surface area contributed by atoms with Crippen molar-refractivity contribution in [1.29, 1.82) is 0 Å². The first-order valence-corrected chi connectivity index (χ1v) is 9.11. The summed E-state index contributed by atoms with van der Waals surface area (Å²) < 4.78 is 11.1. The Morgan fingerprint density at radius 3 is 2.50 bits per heavy atom. The number of ether oxygens (including phenoxy) is 2. The average molecular weight is 378 g/mol. The van der Waals surface area contributed by atoms with E-state index in [4.69, 9.17) is 14.6 Å². The van der Waals surface area contributed by atoms with E-state index in [-0.39, 0.29) is 17.2 Å². The van der Waals surface area contributed by atoms with Crippen LogP contribution in [0.4, 0.5) is 0 Å². The lowest BCUT2D eigenvalue weighted by Gasteiger charge is -2.12. The highest BCUT2D eigenvalue weighted by molar-refractivity contribution is 7.13. The number of carboxylic acids is 1. The van der Waals surface area contributed by atoms with Crippen molar-refractivity contribution in [2.75, 3.05) is 13.2 Å². The molecular weight excluding hydrogens is 356 g/mol. The van der Waals surface area contributed by atoms with Crippen molar-refractivity contribution in [3.05, 3.63) is 39.3 Å². The number of nitrogens with one attached hydrogen (secondary N) is 1. The number of thiazole rings is 1. The molecule has 1 aromatic heterocycles. The second-order valence-corrected chi connectivity index (χ2v) is 6.51. The summed E-state index contributed by atoms with van der Waals surface area (Å²) in [5.41, 5.74) is 1.31. The lowest BCUT2D eigenvalue weighted by Crippen LogP contribution is -2.24. The third-order valence-electron chi connectivity index (χ3n) is 3.44. The first-order chi connectivity index (χ1) is 12.4. The summed E-state index contributed by atoms with van der Waals surface area (Å²) in [6, 6.07) is 5.52. The van der Waals surface area contributed by atoms with E-state index >= 15 is 0 Å². The quantitative estimate of drug-likeness (QED) is 0.696. The van der Waals surface area contributed by atoms with Crippen molar-refractivity contribution < 1.29 is 24.2 Å². The number of benzene rings is 1. The number of amides is 1. The van der Waals surface area contributed by atoms with E-state index in [2.05, 4.69) is 10.3 Å². The number of carboxylic acid groups (broad SMARTS) is 1. The average Bonchev–Trinajstić information content (AvgIpc) is 2.96. The fourth-order valence-corrected chi connectivity index (χ4v) is 3.23. The molecule has 140 valence electrons. The zero-order valence-electron chi connectivity index (χ0n) is 15.0. The second-order valence-electron chi connectivity index (χ2n) is 5.43. The number of nitrogens with zero attached hydrogens (tertiary/aromatic N) is 1. The Morgan fingerprint density at radius 1 is 1.19 bits per heavy atom. The summed E-state index contributed by atoms with van der Waals surface area (Å²) >= 11 is 1.03. The minimum absolute atomic E-state index is 0.0497. The van der Waals surface area contributed by atoms with Crippen LogP contribution in [0.2, 0.25) is 0 Å². The lowest BCUT2D eigenvalue weighted by molar-refractivity contribution is -0.120. The number of carbonyl (C=O) groups is 2. The molecule has 0 radical (unpaired) electrons. The van der Waals surface area contributed by atoms with Crippen LogP contribution >= 0.6 is 11.3 Å². The molecule has 0 saturated carbocycles. The summed E-state index contributed by atoms with van der Waals surface area (Å²) in [6.07, 6.45) is 0.0497. The van der Waals surface area contributed by atoms with Gasteiger partial charge in [0.2, 0.25) is 5.91 Å². The molecule has 0 atom stereocenters. The molecule has 26 heavy (non-hydrogen) atoms. The summed E-state index contributed by atoms with van der Waals surface area (Å²) in [7, 11) is 0. The van der Waals surface area contributed by atoms with Crippen molar-refractivity contribution >= 4 is 23.2 Å². The van der Waals surface area contributed by atoms with Gasteiger partial charge in [0.05, 0.1) is 25.3 Å². The molecule has 1 aromatic carbocycles. The molecule has 8 heteroatoms. The molecule has 1 heterocycles. The summed E-state index contributed by atoms with van der Waals surface area (Å²) in [6.45, 7) is 6.82. The Labute approximate surface area is 156 Å². The number of carbonyl (C=O) groups excluding carboxylic acids is 1. The molecule has 2 rings (SSSR count). The fourth-order valence-electron chi connectivity index (χ4n) is 2.33. The van der Waals surface area contributed by atoms with Gasteiger partial charge in [0.1, 0.15) is 9.88 Å². The lowest BCUT2D eigenvalue weighted by atomic mass is 10.2. The maximum absolute atomic E-state index is 12.1. The SMILES string of the molecule is CCOc1ccc(CNC(=O)Cc2nc(C)c(C(=O)O)s2)cc1OCC. The van der Waals surface area contributed by atoms with Crippen molar-refractivity contribution in [2.45, 2.75) is 33.7 Å². The highest BCUT2D eigenvalue weighted by Crippen LogP contribution is 2.28. The normalized spacial score (nSPS) is 10.4. The monoisotopic (exact) mass is 378 g/mol. The van der Waals surface area contributed by atoms with Gasteiger partial charge in [-0.05, 0) is 38.5 Å². The smallest absolute Gasteiger partial charge is 0.347 e. The van der Waals surface area contributed by atoms with Gasteiger partial charge in [-0.2, -0.15) is 0 Å². The Kier molecular flexibility index (Phi) is 6.97. The summed E-state index contributed by atoms with van der Waals surface area (Å²) in [5, 5.41) is 12.3. The van der Waals surface area contributed by atoms with Gasteiger partial charge in [-0.25, -0.2) is 9.78 Å². The van der Waals surface area contributed by atoms with Crippen LogP contribution in [0.5, 0.6) is 11.5 Å². The van der Waals surface area contributed by atoms with E-state index in [0.717, 1.165) is 16.9 Å². The van der Waals surface area contributed by atoms with Crippen LogP contribution in [0.3, 0.4) is 0 Å². The number of hydrogen-bond acceptors (Lipinski definition) is 6. The van der Waals surface area contributed by atoms with Crippen LogP contribution in [0, 0.1) is 6.92 Å². The second kappa shape index (κ2) is 9.19. The molecule has 0 aliphatic heterocycles. The van der Waals surface area contributed by atoms with Gasteiger partial charge in [0, 0.05) is 6.54 Å². The Morgan fingerprint density at radius 2 is 1.88 bits per heavy atom. The number of rotatable bonds is 9. The van der Waals surface area contributed by atoms with E-state index < -0.39 is 5.97 Å². The molecule has 0 fully saturated rings. The van der Waals surface area contributed by atoms with Crippen LogP contribution in [0.1, 0.15) is 39.8 Å². The van der Waals surface area contributed by atoms with Crippen LogP contribution < -0.4 is 14.8 Å². The number of aromatic nitrogens is 1. The summed E-state index contributed by atoms with van der Waals surface area (Å²) in [5.74, 6) is 0.0682. The van der Waals surface area contributed by atoms with Gasteiger partial charge in [0.25, 0.3) is 0 Å². The molecule has 0 bridgehead atoms. The molecule has 7 nitrogen and oxygen atoms in total. The van der Waals surface area contributed by atoms with Gasteiger partial charge in [-0.3, -0.25) is 4.79 Å². The van der Waals surface area contributed by atoms with Gasteiger partial charge >= 0.3 is 5.97 Å². The first kappa shape index (κ1) is 19.7. The molecule has 0 aliphatic carbocycles. The van der Waals surface area contributed by atoms with Crippen molar-refractivity contribution in [1.82, 2.24) is 10.3 Å². The van der Waals surface area contributed by atoms with E-state index in [1.807, 2.05) is 32.0 Å². The molecule has 0 saturated heterocycles.